The molecule has 12 nitrogen and oxygen atoms in total. The molecule has 0 unspecified atom stereocenters. The van der Waals surface area contributed by atoms with Crippen molar-refractivity contribution in [3.05, 3.63) is 107 Å². The molecule has 12 heteroatoms. The van der Waals surface area contributed by atoms with Crippen LogP contribution in [0.15, 0.2) is 90.2 Å². The van der Waals surface area contributed by atoms with Crippen LogP contribution in [0.4, 0.5) is 26.8 Å². The fourth-order valence-corrected chi connectivity index (χ4v) is 6.56. The first-order valence-electron chi connectivity index (χ1n) is 17.8. The number of hydrogen-bond acceptors (Lipinski definition) is 10. The molecule has 54 heavy (non-hydrogen) atoms. The van der Waals surface area contributed by atoms with Gasteiger partial charge in [-0.25, -0.2) is 24.5 Å². The number of benzene rings is 3. The van der Waals surface area contributed by atoms with E-state index >= 15 is 0 Å². The van der Waals surface area contributed by atoms with Crippen LogP contribution in [-0.2, 0) is 14.2 Å². The first kappa shape index (κ1) is 36.1. The van der Waals surface area contributed by atoms with E-state index in [4.69, 9.17) is 23.9 Å². The van der Waals surface area contributed by atoms with Crippen molar-refractivity contribution in [3.63, 3.8) is 0 Å². The van der Waals surface area contributed by atoms with Crippen molar-refractivity contribution in [1.82, 2.24) is 9.97 Å². The third kappa shape index (κ3) is 7.44. The molecular weight excluding hydrogens is 684 g/mol. The van der Waals surface area contributed by atoms with Crippen LogP contribution in [0.5, 0.6) is 5.88 Å². The van der Waals surface area contributed by atoms with Gasteiger partial charge in [-0.1, -0.05) is 67.6 Å². The maximum atomic E-state index is 13.5. The van der Waals surface area contributed by atoms with Gasteiger partial charge in [0.05, 0.1) is 36.7 Å². The number of carbonyl (C=O) groups excluding carboxylic acids is 2. The van der Waals surface area contributed by atoms with Crippen molar-refractivity contribution in [2.24, 2.45) is 10.9 Å². The highest BCUT2D eigenvalue weighted by Gasteiger charge is 2.33. The van der Waals surface area contributed by atoms with E-state index in [0.29, 0.717) is 57.8 Å². The second kappa shape index (κ2) is 15.0. The summed E-state index contributed by atoms with van der Waals surface area (Å²) in [5.41, 5.74) is 4.50. The van der Waals surface area contributed by atoms with Gasteiger partial charge in [-0.2, -0.15) is 5.26 Å². The molecule has 1 saturated heterocycles. The molecule has 5 aromatic rings. The topological polar surface area (TPSA) is 148 Å². The number of hydrogen-bond donors (Lipinski definition) is 1. The van der Waals surface area contributed by atoms with Crippen molar-refractivity contribution in [1.29, 1.82) is 5.26 Å². The Labute approximate surface area is 313 Å². The molecule has 3 aromatic carbocycles. The summed E-state index contributed by atoms with van der Waals surface area (Å²) in [7, 11) is 0. The van der Waals surface area contributed by atoms with E-state index in [0.717, 1.165) is 11.1 Å². The van der Waals surface area contributed by atoms with Gasteiger partial charge in [-0.15, -0.1) is 0 Å². The van der Waals surface area contributed by atoms with Gasteiger partial charge in [0.2, 0.25) is 5.88 Å². The molecule has 2 amide bonds. The van der Waals surface area contributed by atoms with Gasteiger partial charge in [0.15, 0.2) is 0 Å². The van der Waals surface area contributed by atoms with Gasteiger partial charge in [0, 0.05) is 46.0 Å². The van der Waals surface area contributed by atoms with E-state index in [9.17, 15) is 14.9 Å². The Balaban J connectivity index is 1.43. The van der Waals surface area contributed by atoms with E-state index in [2.05, 4.69) is 21.4 Å². The maximum Gasteiger partial charge on any atom is 0.415 e. The predicted molar refractivity (Wildman–Crippen MR) is 206 cm³/mol. The van der Waals surface area contributed by atoms with Gasteiger partial charge in [0.25, 0.3) is 0 Å². The second-order valence-corrected chi connectivity index (χ2v) is 14.3. The molecule has 1 fully saturated rings. The number of rotatable bonds is 6. The number of anilines is 2. The van der Waals surface area contributed by atoms with Gasteiger partial charge < -0.3 is 18.9 Å². The predicted octanol–water partition coefficient (Wildman–Crippen LogP) is 8.36. The smallest absolute Gasteiger partial charge is 0.415 e. The number of aliphatic imine (C=N–C) groups is 1. The standard InChI is InChI=1S/C42H40N6O6/c1-25-23-51-24-34(25)53-40(49)46-35-19-29-18-30(32-21-45-39-38(26(32)2)48(16-17-52-39)41(50)54-42(3,4)5)31(20-43)37(33(29)22-44-35)47-36(27-12-8-6-9-13-27)28-14-10-7-11-15-28/h6-15,18-19,21-22,25,34H,16-17,23-24H2,1-5H3,(H,44,46,49)/t25-,34-/m1/s1. The number of amides is 2. The lowest BCUT2D eigenvalue weighted by atomic mass is 9.92. The lowest BCUT2D eigenvalue weighted by Gasteiger charge is -2.32. The zero-order valence-electron chi connectivity index (χ0n) is 30.8. The number of nitrogens with one attached hydrogen (secondary N) is 1. The lowest BCUT2D eigenvalue weighted by molar-refractivity contribution is 0.0566. The Bertz CT molecular complexity index is 2260. The minimum atomic E-state index is -0.724. The van der Waals surface area contributed by atoms with Crippen LogP contribution in [0.2, 0.25) is 0 Å². The van der Waals surface area contributed by atoms with Crippen LogP contribution in [0.3, 0.4) is 0 Å². The summed E-state index contributed by atoms with van der Waals surface area (Å²) in [5, 5.41) is 14.9. The van der Waals surface area contributed by atoms with Crippen molar-refractivity contribution in [2.75, 3.05) is 36.6 Å². The number of nitrogens with zero attached hydrogens (tertiary/aromatic N) is 5. The number of pyridine rings is 2. The molecule has 0 aliphatic carbocycles. The quantitative estimate of drug-likeness (QED) is 0.171. The SMILES string of the molecule is Cc1c(-c2cc3cc(NC(=O)O[C@@H]4COC[C@H]4C)ncc3c(N=C(c3ccccc3)c3ccccc3)c2C#N)cnc2c1N(C(=O)OC(C)(C)C)CCO2. The molecule has 4 heterocycles. The van der Waals surface area contributed by atoms with Gasteiger partial charge in [-0.3, -0.25) is 10.2 Å². The van der Waals surface area contributed by atoms with Crippen molar-refractivity contribution >= 4 is 45.9 Å². The molecule has 2 aromatic heterocycles. The van der Waals surface area contributed by atoms with E-state index in [-0.39, 0.29) is 42.4 Å². The molecule has 0 saturated carbocycles. The normalized spacial score (nSPS) is 16.5. The molecule has 0 radical (unpaired) electrons. The number of aromatic nitrogens is 2. The maximum absolute atomic E-state index is 13.5. The largest absolute Gasteiger partial charge is 0.474 e. The lowest BCUT2D eigenvalue weighted by Crippen LogP contribution is -2.42. The van der Waals surface area contributed by atoms with E-state index in [1.165, 1.54) is 4.90 Å². The van der Waals surface area contributed by atoms with Crippen LogP contribution in [-0.4, -0.2) is 65.9 Å². The molecule has 7 rings (SSSR count). The van der Waals surface area contributed by atoms with E-state index in [1.807, 2.05) is 101 Å². The summed E-state index contributed by atoms with van der Waals surface area (Å²) in [6, 6.07) is 25.5. The monoisotopic (exact) mass is 724 g/mol. The number of ether oxygens (including phenoxy) is 4. The number of nitriles is 1. The highest BCUT2D eigenvalue weighted by molar-refractivity contribution is 6.16. The molecule has 0 spiro atoms. The molecule has 274 valence electrons. The Kier molecular flexibility index (Phi) is 9.99. The van der Waals surface area contributed by atoms with Crippen LogP contribution < -0.4 is 15.0 Å². The summed E-state index contributed by atoms with van der Waals surface area (Å²) in [6.07, 6.45) is 1.69. The summed E-state index contributed by atoms with van der Waals surface area (Å²) in [6.45, 7) is 10.6. The van der Waals surface area contributed by atoms with E-state index in [1.54, 1.807) is 18.5 Å². The third-order valence-corrected chi connectivity index (χ3v) is 9.21. The fourth-order valence-electron chi connectivity index (χ4n) is 6.56. The average Bonchev–Trinajstić information content (AvgIpc) is 3.56. The summed E-state index contributed by atoms with van der Waals surface area (Å²) in [5.74, 6) is 0.611. The molecule has 2 atom stereocenters. The first-order chi connectivity index (χ1) is 26.0. The highest BCUT2D eigenvalue weighted by Crippen LogP contribution is 2.44. The Hall–Kier alpha value is -6.32. The first-order valence-corrected chi connectivity index (χ1v) is 17.8. The summed E-state index contributed by atoms with van der Waals surface area (Å²) < 4.78 is 22.7. The van der Waals surface area contributed by atoms with Crippen molar-refractivity contribution < 1.29 is 28.5 Å². The minimum Gasteiger partial charge on any atom is -0.474 e. The average molecular weight is 725 g/mol. The third-order valence-electron chi connectivity index (χ3n) is 9.21. The highest BCUT2D eigenvalue weighted by atomic mass is 16.6. The zero-order valence-corrected chi connectivity index (χ0v) is 30.8. The Morgan fingerprint density at radius 2 is 1.69 bits per heavy atom. The van der Waals surface area contributed by atoms with Gasteiger partial charge >= 0.3 is 12.2 Å². The van der Waals surface area contributed by atoms with Crippen LogP contribution in [0, 0.1) is 24.2 Å². The minimum absolute atomic E-state index is 0.0706. The zero-order chi connectivity index (χ0) is 38.0. The second-order valence-electron chi connectivity index (χ2n) is 14.3. The molecule has 1 N–H and O–H groups in total. The van der Waals surface area contributed by atoms with E-state index < -0.39 is 17.8 Å². The molecular formula is C42H40N6O6. The number of carbonyl (C=O) groups is 2. The summed E-state index contributed by atoms with van der Waals surface area (Å²) in [4.78, 5) is 42.4. The van der Waals surface area contributed by atoms with Crippen LogP contribution in [0.25, 0.3) is 21.9 Å². The number of fused-ring (bicyclic) bond motifs is 2. The molecule has 0 bridgehead atoms. The fraction of sp³-hybridized carbons (Fsp3) is 0.286. The van der Waals surface area contributed by atoms with Crippen LogP contribution >= 0.6 is 0 Å². The van der Waals surface area contributed by atoms with Gasteiger partial charge in [-0.05, 0) is 50.8 Å². The molecule has 2 aliphatic heterocycles. The Morgan fingerprint density at radius 3 is 2.31 bits per heavy atom. The van der Waals surface area contributed by atoms with Crippen molar-refractivity contribution in [3.8, 4) is 23.1 Å². The molecule has 2 aliphatic rings. The van der Waals surface area contributed by atoms with Crippen molar-refractivity contribution in [2.45, 2.75) is 46.3 Å². The van der Waals surface area contributed by atoms with Crippen LogP contribution in [0.1, 0.15) is 49.9 Å². The Morgan fingerprint density at radius 1 is 0.981 bits per heavy atom. The van der Waals surface area contributed by atoms with Gasteiger partial charge in [0.1, 0.15) is 35.9 Å². The summed E-state index contributed by atoms with van der Waals surface area (Å²) >= 11 is 0.